The maximum absolute atomic E-state index is 4.33. The number of pyridine rings is 1. The van der Waals surface area contributed by atoms with E-state index in [0.717, 1.165) is 31.9 Å². The summed E-state index contributed by atoms with van der Waals surface area (Å²) in [5.74, 6) is 0. The molecule has 0 spiro atoms. The number of aromatic nitrogens is 1. The molecule has 90 valence electrons. The van der Waals surface area contributed by atoms with E-state index in [9.17, 15) is 0 Å². The van der Waals surface area contributed by atoms with Crippen LogP contribution in [0.5, 0.6) is 0 Å². The van der Waals surface area contributed by atoms with Crippen LogP contribution in [0.3, 0.4) is 0 Å². The van der Waals surface area contributed by atoms with E-state index in [1.165, 1.54) is 5.56 Å². The maximum atomic E-state index is 4.33. The van der Waals surface area contributed by atoms with Crippen LogP contribution in [0.15, 0.2) is 18.3 Å². The van der Waals surface area contributed by atoms with Gasteiger partial charge < -0.3 is 5.32 Å². The Morgan fingerprint density at radius 2 is 2.31 bits per heavy atom. The van der Waals surface area contributed by atoms with Gasteiger partial charge in [0.15, 0.2) is 0 Å². The Bertz CT molecular complexity index is 313. The molecule has 16 heavy (non-hydrogen) atoms. The van der Waals surface area contributed by atoms with Gasteiger partial charge in [-0.3, -0.25) is 9.88 Å². The molecule has 1 aromatic heterocycles. The molecule has 3 nitrogen and oxygen atoms in total. The molecule has 2 rings (SSSR count). The Morgan fingerprint density at radius 1 is 1.50 bits per heavy atom. The van der Waals surface area contributed by atoms with Crippen molar-refractivity contribution in [1.82, 2.24) is 15.2 Å². The molecule has 1 aliphatic rings. The largest absolute Gasteiger partial charge is 0.314 e. The van der Waals surface area contributed by atoms with E-state index in [-0.39, 0.29) is 12.4 Å². The molecule has 1 aromatic rings. The quantitative estimate of drug-likeness (QED) is 0.853. The average Bonchev–Trinajstić information content (AvgIpc) is 2.25. The molecule has 0 aromatic carbocycles. The van der Waals surface area contributed by atoms with Crippen molar-refractivity contribution in [3.8, 4) is 0 Å². The van der Waals surface area contributed by atoms with Crippen LogP contribution >= 0.6 is 12.4 Å². The Morgan fingerprint density at radius 3 is 2.94 bits per heavy atom. The van der Waals surface area contributed by atoms with Crippen LogP contribution in [0.25, 0.3) is 0 Å². The minimum Gasteiger partial charge on any atom is -0.314 e. The van der Waals surface area contributed by atoms with E-state index in [1.54, 1.807) is 0 Å². The first kappa shape index (κ1) is 13.4. The molecule has 0 bridgehead atoms. The number of piperazine rings is 1. The molecule has 1 fully saturated rings. The van der Waals surface area contributed by atoms with Gasteiger partial charge in [0.2, 0.25) is 0 Å². The topological polar surface area (TPSA) is 28.2 Å². The molecule has 4 heteroatoms. The van der Waals surface area contributed by atoms with Gasteiger partial charge in [0.05, 0.1) is 0 Å². The predicted octanol–water partition coefficient (Wildman–Crippen LogP) is 1.61. The second-order valence-corrected chi connectivity index (χ2v) is 4.33. The molecule has 0 saturated carbocycles. The lowest BCUT2D eigenvalue weighted by atomic mass is 10.1. The maximum Gasteiger partial charge on any atom is 0.0372 e. The number of nitrogens with zero attached hydrogens (tertiary/aromatic N) is 2. The Balaban J connectivity index is 0.00000128. The third kappa shape index (κ3) is 3.44. The molecular formula is C12H20ClN3. The number of halogens is 1. The van der Waals surface area contributed by atoms with Gasteiger partial charge in [-0.1, -0.05) is 6.07 Å². The third-order valence-electron chi connectivity index (χ3n) is 3.00. The molecule has 1 saturated heterocycles. The Kier molecular flexibility index (Phi) is 5.19. The standard InChI is InChI=1S/C12H19N3.ClH/c1-10-3-4-12(8-14-10)9-15-6-5-13-7-11(15)2;/h3-4,8,11,13H,5-7,9H2,1-2H3;1H/t11-;/m0./s1. The summed E-state index contributed by atoms with van der Waals surface area (Å²) in [7, 11) is 0. The minimum absolute atomic E-state index is 0. The summed E-state index contributed by atoms with van der Waals surface area (Å²) in [6.07, 6.45) is 1.99. The first-order valence-corrected chi connectivity index (χ1v) is 5.62. The SMILES string of the molecule is Cc1ccc(CN2CCNC[C@@H]2C)cn1.Cl. The van der Waals surface area contributed by atoms with E-state index in [0.29, 0.717) is 6.04 Å². The van der Waals surface area contributed by atoms with E-state index >= 15 is 0 Å². The van der Waals surface area contributed by atoms with Gasteiger partial charge in [-0.15, -0.1) is 12.4 Å². The first-order valence-electron chi connectivity index (χ1n) is 5.62. The van der Waals surface area contributed by atoms with Crippen LogP contribution in [0.2, 0.25) is 0 Å². The fourth-order valence-electron chi connectivity index (χ4n) is 1.94. The summed E-state index contributed by atoms with van der Waals surface area (Å²) in [6.45, 7) is 8.65. The van der Waals surface area contributed by atoms with Crippen molar-refractivity contribution >= 4 is 12.4 Å². The van der Waals surface area contributed by atoms with E-state index in [2.05, 4.69) is 34.3 Å². The Labute approximate surface area is 104 Å². The molecule has 1 N–H and O–H groups in total. The fourth-order valence-corrected chi connectivity index (χ4v) is 1.94. The van der Waals surface area contributed by atoms with Crippen molar-refractivity contribution in [2.75, 3.05) is 19.6 Å². The summed E-state index contributed by atoms with van der Waals surface area (Å²) < 4.78 is 0. The highest BCUT2D eigenvalue weighted by molar-refractivity contribution is 5.85. The lowest BCUT2D eigenvalue weighted by molar-refractivity contribution is 0.165. The van der Waals surface area contributed by atoms with Gasteiger partial charge in [0, 0.05) is 44.1 Å². The third-order valence-corrected chi connectivity index (χ3v) is 3.00. The average molecular weight is 242 g/mol. The number of aryl methyl sites for hydroxylation is 1. The fraction of sp³-hybridized carbons (Fsp3) is 0.583. The second kappa shape index (κ2) is 6.18. The second-order valence-electron chi connectivity index (χ2n) is 4.33. The molecular weight excluding hydrogens is 222 g/mol. The minimum atomic E-state index is 0. The van der Waals surface area contributed by atoms with Gasteiger partial charge >= 0.3 is 0 Å². The zero-order valence-corrected chi connectivity index (χ0v) is 10.8. The normalized spacial score (nSPS) is 21.5. The van der Waals surface area contributed by atoms with Gasteiger partial charge in [0.1, 0.15) is 0 Å². The van der Waals surface area contributed by atoms with Gasteiger partial charge in [-0.25, -0.2) is 0 Å². The van der Waals surface area contributed by atoms with Crippen LogP contribution in [-0.2, 0) is 6.54 Å². The van der Waals surface area contributed by atoms with E-state index < -0.39 is 0 Å². The van der Waals surface area contributed by atoms with E-state index in [1.807, 2.05) is 13.1 Å². The highest BCUT2D eigenvalue weighted by Gasteiger charge is 2.17. The van der Waals surface area contributed by atoms with Crippen LogP contribution in [0.4, 0.5) is 0 Å². The molecule has 1 aliphatic heterocycles. The number of hydrogen-bond donors (Lipinski definition) is 1. The first-order chi connectivity index (χ1) is 7.25. The van der Waals surface area contributed by atoms with E-state index in [4.69, 9.17) is 0 Å². The molecule has 0 aliphatic carbocycles. The summed E-state index contributed by atoms with van der Waals surface area (Å²) in [4.78, 5) is 6.83. The number of rotatable bonds is 2. The van der Waals surface area contributed by atoms with Gasteiger partial charge in [-0.05, 0) is 25.5 Å². The number of nitrogens with one attached hydrogen (secondary N) is 1. The highest BCUT2D eigenvalue weighted by Crippen LogP contribution is 2.09. The zero-order chi connectivity index (χ0) is 10.7. The predicted molar refractivity (Wildman–Crippen MR) is 69.0 cm³/mol. The van der Waals surface area contributed by atoms with Crippen molar-refractivity contribution in [2.24, 2.45) is 0 Å². The van der Waals surface area contributed by atoms with Crippen LogP contribution < -0.4 is 5.32 Å². The lowest BCUT2D eigenvalue weighted by Crippen LogP contribution is -2.49. The lowest BCUT2D eigenvalue weighted by Gasteiger charge is -2.33. The van der Waals surface area contributed by atoms with Gasteiger partial charge in [-0.2, -0.15) is 0 Å². The molecule has 0 radical (unpaired) electrons. The van der Waals surface area contributed by atoms with Crippen molar-refractivity contribution in [3.63, 3.8) is 0 Å². The monoisotopic (exact) mass is 241 g/mol. The van der Waals surface area contributed by atoms with Crippen molar-refractivity contribution in [2.45, 2.75) is 26.4 Å². The smallest absolute Gasteiger partial charge is 0.0372 e. The molecule has 0 amide bonds. The highest BCUT2D eigenvalue weighted by atomic mass is 35.5. The Hall–Kier alpha value is -0.640. The van der Waals surface area contributed by atoms with Crippen molar-refractivity contribution < 1.29 is 0 Å². The van der Waals surface area contributed by atoms with Crippen LogP contribution in [0.1, 0.15) is 18.2 Å². The van der Waals surface area contributed by atoms with Crippen molar-refractivity contribution in [3.05, 3.63) is 29.6 Å². The summed E-state index contributed by atoms with van der Waals surface area (Å²) in [6, 6.07) is 4.89. The van der Waals surface area contributed by atoms with Crippen molar-refractivity contribution in [1.29, 1.82) is 0 Å². The molecule has 1 atom stereocenters. The van der Waals surface area contributed by atoms with Crippen LogP contribution in [0, 0.1) is 6.92 Å². The van der Waals surface area contributed by atoms with Crippen LogP contribution in [-0.4, -0.2) is 35.6 Å². The number of hydrogen-bond acceptors (Lipinski definition) is 3. The van der Waals surface area contributed by atoms with Gasteiger partial charge in [0.25, 0.3) is 0 Å². The summed E-state index contributed by atoms with van der Waals surface area (Å²) >= 11 is 0. The molecule has 2 heterocycles. The summed E-state index contributed by atoms with van der Waals surface area (Å²) in [5.41, 5.74) is 2.40. The zero-order valence-electron chi connectivity index (χ0n) is 9.94. The molecule has 0 unspecified atom stereocenters. The summed E-state index contributed by atoms with van der Waals surface area (Å²) in [5, 5.41) is 3.40.